The van der Waals surface area contributed by atoms with Gasteiger partial charge in [0.25, 0.3) is 5.91 Å². The summed E-state index contributed by atoms with van der Waals surface area (Å²) in [5.41, 5.74) is 21.3. The molecule has 0 atom stereocenters. The lowest BCUT2D eigenvalue weighted by Gasteiger charge is -2.00. The van der Waals surface area contributed by atoms with Crippen molar-refractivity contribution in [1.82, 2.24) is 30.2 Å². The summed E-state index contributed by atoms with van der Waals surface area (Å²) >= 11 is 10.4. The van der Waals surface area contributed by atoms with Crippen LogP contribution >= 0.6 is 23.8 Å². The van der Waals surface area contributed by atoms with Crippen molar-refractivity contribution < 1.29 is 19.9 Å². The number of hydrogen-bond acceptors (Lipinski definition) is 11. The second-order valence-corrected chi connectivity index (χ2v) is 9.49. The van der Waals surface area contributed by atoms with E-state index >= 15 is 0 Å². The number of anilines is 3. The number of halogens is 1. The van der Waals surface area contributed by atoms with Crippen LogP contribution in [0.3, 0.4) is 0 Å². The van der Waals surface area contributed by atoms with Gasteiger partial charge in [0.05, 0.1) is 28.1 Å². The van der Waals surface area contributed by atoms with Crippen LogP contribution in [0.5, 0.6) is 11.5 Å². The predicted octanol–water partition coefficient (Wildman–Crippen LogP) is 3.19. The van der Waals surface area contributed by atoms with E-state index in [4.69, 9.17) is 46.1 Å². The number of carbonyl (C=O) groups excluding carboxylic acids is 1. The number of aromatic amines is 1. The summed E-state index contributed by atoms with van der Waals surface area (Å²) in [4.78, 5) is 31.7. The van der Waals surface area contributed by atoms with Crippen molar-refractivity contribution in [3.05, 3.63) is 93.8 Å². The van der Waals surface area contributed by atoms with E-state index in [0.29, 0.717) is 27.9 Å². The average Bonchev–Trinajstić information content (AvgIpc) is 3.65. The van der Waals surface area contributed by atoms with Crippen LogP contribution in [-0.2, 0) is 4.79 Å². The highest BCUT2D eigenvalue weighted by atomic mass is 35.5. The van der Waals surface area contributed by atoms with E-state index in [0.717, 1.165) is 16.7 Å². The zero-order valence-electron chi connectivity index (χ0n) is 21.9. The molecule has 0 unspecified atom stereocenters. The Balaban J connectivity index is 0.000000149. The van der Waals surface area contributed by atoms with E-state index in [1.54, 1.807) is 41.0 Å². The highest BCUT2D eigenvalue weighted by Crippen LogP contribution is 2.25. The minimum atomic E-state index is -0.539. The zero-order chi connectivity index (χ0) is 31.3. The lowest BCUT2D eigenvalue weighted by Crippen LogP contribution is -2.21. The molecule has 1 saturated heterocycles. The number of fused-ring (bicyclic) bond motifs is 1. The maximum atomic E-state index is 11.3. The predicted molar refractivity (Wildman–Crippen MR) is 166 cm³/mol. The number of aromatic nitrogens is 4. The standard InChI is InChI=1S/C10H8N2O3S.C9H8N4O2.C7H7ClN4/c13-6-2-1-5(8(14)4-6)3-7-9(15)12-10(16)11-7;10-7-2-1-3-8(4-7)12-5-9(11-6-12)13(14)15;8-7-11-5-1-3(9)4(10)2-6(5)12-7/h1-4,13-14H,(H2,11,12,15,16);1-6H,10H2;1-2H,9-10H2,(H,11,12). The maximum absolute atomic E-state index is 11.3. The number of imidazole rings is 2. The molecule has 43 heavy (non-hydrogen) atoms. The van der Waals surface area contributed by atoms with Crippen molar-refractivity contribution in [3.8, 4) is 17.2 Å². The van der Waals surface area contributed by atoms with Gasteiger partial charge in [-0.3, -0.25) is 14.7 Å². The van der Waals surface area contributed by atoms with E-state index in [1.807, 2.05) is 0 Å². The lowest BCUT2D eigenvalue weighted by atomic mass is 10.1. The third-order valence-electron chi connectivity index (χ3n) is 5.62. The minimum Gasteiger partial charge on any atom is -0.508 e. The van der Waals surface area contributed by atoms with Gasteiger partial charge in [0.1, 0.15) is 23.4 Å². The van der Waals surface area contributed by atoms with Gasteiger partial charge in [-0.05, 0) is 82.3 Å². The van der Waals surface area contributed by atoms with Crippen molar-refractivity contribution >= 4 is 74.8 Å². The second kappa shape index (κ2) is 12.8. The van der Waals surface area contributed by atoms with Crippen LogP contribution in [0.4, 0.5) is 22.9 Å². The van der Waals surface area contributed by atoms with Crippen molar-refractivity contribution in [2.75, 3.05) is 17.2 Å². The Bertz CT molecular complexity index is 1850. The molecule has 1 fully saturated rings. The molecule has 17 heteroatoms. The van der Waals surface area contributed by atoms with Gasteiger partial charge in [-0.1, -0.05) is 6.07 Å². The van der Waals surface area contributed by atoms with E-state index in [1.165, 1.54) is 36.8 Å². The van der Waals surface area contributed by atoms with E-state index in [-0.39, 0.29) is 34.0 Å². The summed E-state index contributed by atoms with van der Waals surface area (Å²) in [6, 6.07) is 14.5. The van der Waals surface area contributed by atoms with Crippen molar-refractivity contribution in [2.24, 2.45) is 0 Å². The van der Waals surface area contributed by atoms with Crippen LogP contribution in [0, 0.1) is 10.1 Å². The van der Waals surface area contributed by atoms with Crippen LogP contribution in [0.25, 0.3) is 22.8 Å². The number of nitrogens with two attached hydrogens (primary N) is 3. The van der Waals surface area contributed by atoms with Gasteiger partial charge in [0.15, 0.2) is 5.11 Å². The number of phenols is 2. The first kappa shape index (κ1) is 30.1. The van der Waals surface area contributed by atoms with Crippen LogP contribution in [0.15, 0.2) is 72.8 Å². The molecule has 1 aliphatic rings. The summed E-state index contributed by atoms with van der Waals surface area (Å²) in [5, 5.41) is 34.6. The smallest absolute Gasteiger partial charge is 0.381 e. The number of nitro groups is 1. The molecule has 3 aromatic carbocycles. The lowest BCUT2D eigenvalue weighted by molar-refractivity contribution is -0.389. The number of nitrogen functional groups attached to an aromatic ring is 3. The molecule has 0 aliphatic carbocycles. The van der Waals surface area contributed by atoms with Crippen molar-refractivity contribution in [2.45, 2.75) is 0 Å². The maximum Gasteiger partial charge on any atom is 0.381 e. The molecule has 1 amide bonds. The number of benzene rings is 3. The molecule has 3 heterocycles. The molecular weight excluding hydrogens is 600 g/mol. The summed E-state index contributed by atoms with van der Waals surface area (Å²) in [7, 11) is 0. The van der Waals surface area contributed by atoms with Crippen molar-refractivity contribution in [1.29, 1.82) is 0 Å². The van der Waals surface area contributed by atoms with Gasteiger partial charge < -0.3 is 47.8 Å². The molecule has 0 spiro atoms. The van der Waals surface area contributed by atoms with Crippen LogP contribution in [0.2, 0.25) is 5.28 Å². The normalized spacial score (nSPS) is 13.0. The fraction of sp³-hybridized carbons (Fsp3) is 0. The fourth-order valence-corrected chi connectivity index (χ4v) is 3.98. The topological polar surface area (TPSA) is 249 Å². The van der Waals surface area contributed by atoms with Gasteiger partial charge >= 0.3 is 5.82 Å². The first-order valence-electron chi connectivity index (χ1n) is 12.0. The Labute approximate surface area is 252 Å². The van der Waals surface area contributed by atoms with E-state index in [9.17, 15) is 20.0 Å². The average molecular weight is 623 g/mol. The second-order valence-electron chi connectivity index (χ2n) is 8.73. The SMILES string of the molecule is Nc1cc2nc(Cl)[nH]c2cc1N.Nc1cccc(-n2cnc([N+](=O)[O-])c2)c1.O=C1NC(=S)NC1=Cc1ccc(O)cc1O. The van der Waals surface area contributed by atoms with Crippen molar-refractivity contribution in [3.63, 3.8) is 0 Å². The molecule has 0 radical (unpaired) electrons. The molecule has 0 bridgehead atoms. The highest BCUT2D eigenvalue weighted by molar-refractivity contribution is 7.80. The number of phenolic OH excluding ortho intramolecular Hbond substituents is 2. The number of aromatic hydroxyl groups is 2. The molecule has 15 nitrogen and oxygen atoms in total. The van der Waals surface area contributed by atoms with Crippen LogP contribution in [0.1, 0.15) is 5.56 Å². The Morgan fingerprint density at radius 3 is 2.42 bits per heavy atom. The number of H-pyrrole nitrogens is 1. The fourth-order valence-electron chi connectivity index (χ4n) is 3.58. The number of thiocarbonyl (C=S) groups is 1. The molecule has 6 rings (SSSR count). The van der Waals surface area contributed by atoms with Gasteiger partial charge in [0.2, 0.25) is 11.6 Å². The van der Waals surface area contributed by atoms with Gasteiger partial charge in [-0.25, -0.2) is 4.98 Å². The first-order valence-corrected chi connectivity index (χ1v) is 12.8. The molecular formula is C26H23ClN10O5S. The third kappa shape index (κ3) is 7.66. The van der Waals surface area contributed by atoms with E-state index in [2.05, 4.69) is 25.6 Å². The number of hydrogen-bond donors (Lipinski definition) is 8. The number of amides is 1. The van der Waals surface area contributed by atoms with E-state index < -0.39 is 4.92 Å². The number of nitrogens with zero attached hydrogens (tertiary/aromatic N) is 4. The Hall–Kier alpha value is -5.87. The Kier molecular flexibility index (Phi) is 8.93. The summed E-state index contributed by atoms with van der Waals surface area (Å²) < 4.78 is 1.55. The Morgan fingerprint density at radius 1 is 1.05 bits per heavy atom. The third-order valence-corrected chi connectivity index (χ3v) is 6.00. The van der Waals surface area contributed by atoms with Gasteiger partial charge in [-0.15, -0.1) is 0 Å². The first-order chi connectivity index (χ1) is 20.4. The monoisotopic (exact) mass is 622 g/mol. The molecule has 11 N–H and O–H groups in total. The minimum absolute atomic E-state index is 0.0426. The van der Waals surface area contributed by atoms with Gasteiger partial charge in [-0.2, -0.15) is 0 Å². The molecule has 5 aromatic rings. The quantitative estimate of drug-likeness (QED) is 0.0475. The molecule has 0 saturated carbocycles. The summed E-state index contributed by atoms with van der Waals surface area (Å²) in [6.07, 6.45) is 4.17. The van der Waals surface area contributed by atoms with Crippen LogP contribution < -0.4 is 27.8 Å². The largest absolute Gasteiger partial charge is 0.508 e. The summed E-state index contributed by atoms with van der Waals surface area (Å²) in [5.74, 6) is -0.686. The zero-order valence-corrected chi connectivity index (χ0v) is 23.4. The molecule has 1 aliphatic heterocycles. The highest BCUT2D eigenvalue weighted by Gasteiger charge is 2.20. The number of rotatable bonds is 3. The Morgan fingerprint density at radius 2 is 1.79 bits per heavy atom. The number of nitrogens with one attached hydrogen (secondary N) is 3. The number of carbonyl (C=O) groups is 1. The van der Waals surface area contributed by atoms with Crippen LogP contribution in [-0.4, -0.2) is 45.7 Å². The molecule has 2 aromatic heterocycles. The van der Waals surface area contributed by atoms with Gasteiger partial charge in [0, 0.05) is 17.3 Å². The molecule has 220 valence electrons. The summed E-state index contributed by atoms with van der Waals surface area (Å²) in [6.45, 7) is 0.